The first kappa shape index (κ1) is 18.4. The predicted molar refractivity (Wildman–Crippen MR) is 86.4 cm³/mol. The molecule has 0 spiro atoms. The van der Waals surface area contributed by atoms with Crippen molar-refractivity contribution in [3.05, 3.63) is 0 Å². The second kappa shape index (κ2) is 8.71. The first-order valence-corrected chi connectivity index (χ1v) is 8.19. The molecule has 0 amide bonds. The number of hydrogen-bond donors (Lipinski definition) is 1. The fraction of sp³-hybridized carbons (Fsp3) is 0.938. The molecule has 5 heteroatoms. The number of ether oxygens (including phenoxy) is 1. The number of nitrogens with zero attached hydrogens (tertiary/aromatic N) is 2. The normalized spacial score (nSPS) is 20.5. The minimum atomic E-state index is -0.606. The number of rotatable bonds is 8. The Labute approximate surface area is 130 Å². The van der Waals surface area contributed by atoms with Gasteiger partial charge < -0.3 is 15.0 Å². The number of methoxy groups -OCH3 is 1. The topological polar surface area (TPSA) is 44.8 Å². The summed E-state index contributed by atoms with van der Waals surface area (Å²) in [5, 5.41) is 3.36. The van der Waals surface area contributed by atoms with Crippen LogP contribution in [0.1, 0.15) is 34.1 Å². The zero-order valence-electron chi connectivity index (χ0n) is 14.4. The van der Waals surface area contributed by atoms with Gasteiger partial charge in [0.15, 0.2) is 0 Å². The molecule has 1 heterocycles. The van der Waals surface area contributed by atoms with Gasteiger partial charge in [-0.3, -0.25) is 9.69 Å². The number of carbonyl (C=O) groups is 1. The molecule has 1 N–H and O–H groups in total. The molecule has 1 aliphatic rings. The molecule has 0 aromatic carbocycles. The molecule has 0 saturated carbocycles. The molecule has 1 atom stereocenters. The van der Waals surface area contributed by atoms with Crippen molar-refractivity contribution in [2.45, 2.75) is 39.7 Å². The van der Waals surface area contributed by atoms with Gasteiger partial charge in [0.1, 0.15) is 5.54 Å². The molecule has 0 aromatic heterocycles. The summed E-state index contributed by atoms with van der Waals surface area (Å²) >= 11 is 0. The van der Waals surface area contributed by atoms with E-state index in [0.29, 0.717) is 5.92 Å². The Morgan fingerprint density at radius 2 is 1.81 bits per heavy atom. The average Bonchev–Trinajstić information content (AvgIpc) is 2.45. The molecular weight excluding hydrogens is 266 g/mol. The highest BCUT2D eigenvalue weighted by Crippen LogP contribution is 2.13. The smallest absolute Gasteiger partial charge is 0.327 e. The number of esters is 1. The van der Waals surface area contributed by atoms with Crippen LogP contribution in [0, 0.1) is 5.92 Å². The zero-order chi connectivity index (χ0) is 15.9. The summed E-state index contributed by atoms with van der Waals surface area (Å²) in [6.45, 7) is 15.5. The Balaban J connectivity index is 2.51. The van der Waals surface area contributed by atoms with E-state index < -0.39 is 5.54 Å². The highest BCUT2D eigenvalue weighted by molar-refractivity contribution is 5.80. The van der Waals surface area contributed by atoms with Crippen molar-refractivity contribution in [3.63, 3.8) is 0 Å². The quantitative estimate of drug-likeness (QED) is 0.682. The summed E-state index contributed by atoms with van der Waals surface area (Å²) in [5.74, 6) is 0.545. The van der Waals surface area contributed by atoms with Gasteiger partial charge in [-0.1, -0.05) is 20.8 Å². The van der Waals surface area contributed by atoms with E-state index in [4.69, 9.17) is 4.74 Å². The van der Waals surface area contributed by atoms with Gasteiger partial charge in [-0.05, 0) is 25.8 Å². The first-order chi connectivity index (χ1) is 9.91. The Morgan fingerprint density at radius 1 is 1.24 bits per heavy atom. The molecule has 0 bridgehead atoms. The zero-order valence-corrected chi connectivity index (χ0v) is 14.4. The lowest BCUT2D eigenvalue weighted by atomic mass is 10.0. The molecule has 21 heavy (non-hydrogen) atoms. The molecule has 1 aliphatic heterocycles. The van der Waals surface area contributed by atoms with Crippen molar-refractivity contribution in [2.75, 3.05) is 52.9 Å². The SMILES string of the molecule is CCCNC(C)(CN1CCN(CC(C)C)CC1)C(=O)OC. The Morgan fingerprint density at radius 3 is 2.29 bits per heavy atom. The van der Waals surface area contributed by atoms with Crippen LogP contribution in [0.2, 0.25) is 0 Å². The minimum absolute atomic E-state index is 0.166. The standard InChI is InChI=1S/C16H33N3O2/c1-6-7-17-16(4,15(20)21-5)13-19-10-8-18(9-11-19)12-14(2)3/h14,17H,6-13H2,1-5H3. The van der Waals surface area contributed by atoms with Gasteiger partial charge in [-0.15, -0.1) is 0 Å². The third-order valence-corrected chi connectivity index (χ3v) is 4.03. The lowest BCUT2D eigenvalue weighted by molar-refractivity contribution is -0.149. The molecule has 1 saturated heterocycles. The van der Waals surface area contributed by atoms with Crippen LogP contribution < -0.4 is 5.32 Å². The van der Waals surface area contributed by atoms with Crippen molar-refractivity contribution < 1.29 is 9.53 Å². The minimum Gasteiger partial charge on any atom is -0.468 e. The van der Waals surface area contributed by atoms with Crippen LogP contribution in [0.4, 0.5) is 0 Å². The van der Waals surface area contributed by atoms with Crippen LogP contribution in [0.15, 0.2) is 0 Å². The maximum absolute atomic E-state index is 12.1. The molecule has 1 fully saturated rings. The number of nitrogens with one attached hydrogen (secondary N) is 1. The van der Waals surface area contributed by atoms with E-state index in [9.17, 15) is 4.79 Å². The lowest BCUT2D eigenvalue weighted by Crippen LogP contribution is -2.60. The van der Waals surface area contributed by atoms with E-state index in [2.05, 4.69) is 35.9 Å². The summed E-state index contributed by atoms with van der Waals surface area (Å²) in [7, 11) is 1.47. The van der Waals surface area contributed by atoms with Crippen LogP contribution in [-0.4, -0.2) is 74.2 Å². The third kappa shape index (κ3) is 5.93. The van der Waals surface area contributed by atoms with Crippen molar-refractivity contribution >= 4 is 5.97 Å². The second-order valence-corrected chi connectivity index (χ2v) is 6.72. The van der Waals surface area contributed by atoms with E-state index >= 15 is 0 Å². The van der Waals surface area contributed by atoms with E-state index in [-0.39, 0.29) is 5.97 Å². The monoisotopic (exact) mass is 299 g/mol. The second-order valence-electron chi connectivity index (χ2n) is 6.72. The summed E-state index contributed by atoms with van der Waals surface area (Å²) in [6.07, 6.45) is 1.01. The highest BCUT2D eigenvalue weighted by Gasteiger charge is 2.36. The molecule has 124 valence electrons. The first-order valence-electron chi connectivity index (χ1n) is 8.19. The fourth-order valence-electron chi connectivity index (χ4n) is 2.91. The number of hydrogen-bond acceptors (Lipinski definition) is 5. The average molecular weight is 299 g/mol. The number of piperazine rings is 1. The Hall–Kier alpha value is -0.650. The van der Waals surface area contributed by atoms with Gasteiger partial charge in [0, 0.05) is 39.3 Å². The molecule has 1 unspecified atom stereocenters. The van der Waals surface area contributed by atoms with Crippen molar-refractivity contribution in [1.29, 1.82) is 0 Å². The summed E-state index contributed by atoms with van der Waals surface area (Å²) in [5.41, 5.74) is -0.606. The predicted octanol–water partition coefficient (Wildman–Crippen LogP) is 1.19. The maximum Gasteiger partial charge on any atom is 0.327 e. The Kier molecular flexibility index (Phi) is 7.63. The number of carbonyl (C=O) groups excluding carboxylic acids is 1. The van der Waals surface area contributed by atoms with E-state index in [0.717, 1.165) is 52.2 Å². The summed E-state index contributed by atoms with van der Waals surface area (Å²) < 4.78 is 4.99. The van der Waals surface area contributed by atoms with Crippen LogP contribution in [-0.2, 0) is 9.53 Å². The molecule has 0 radical (unpaired) electrons. The van der Waals surface area contributed by atoms with Crippen LogP contribution in [0.5, 0.6) is 0 Å². The molecule has 0 aromatic rings. The summed E-state index contributed by atoms with van der Waals surface area (Å²) in [4.78, 5) is 17.0. The molecule has 0 aliphatic carbocycles. The molecular formula is C16H33N3O2. The van der Waals surface area contributed by atoms with Gasteiger partial charge in [0.25, 0.3) is 0 Å². The van der Waals surface area contributed by atoms with Crippen molar-refractivity contribution in [3.8, 4) is 0 Å². The Bertz CT molecular complexity index is 315. The van der Waals surface area contributed by atoms with Crippen molar-refractivity contribution in [2.24, 2.45) is 5.92 Å². The maximum atomic E-state index is 12.1. The van der Waals surface area contributed by atoms with Gasteiger partial charge >= 0.3 is 5.97 Å². The lowest BCUT2D eigenvalue weighted by Gasteiger charge is -2.39. The van der Waals surface area contributed by atoms with Gasteiger partial charge in [0.2, 0.25) is 0 Å². The van der Waals surface area contributed by atoms with Crippen LogP contribution in [0.25, 0.3) is 0 Å². The fourth-order valence-corrected chi connectivity index (χ4v) is 2.91. The molecule has 5 nitrogen and oxygen atoms in total. The largest absolute Gasteiger partial charge is 0.468 e. The van der Waals surface area contributed by atoms with Gasteiger partial charge in [0.05, 0.1) is 7.11 Å². The van der Waals surface area contributed by atoms with Gasteiger partial charge in [-0.2, -0.15) is 0 Å². The van der Waals surface area contributed by atoms with E-state index in [1.165, 1.54) is 7.11 Å². The van der Waals surface area contributed by atoms with Crippen molar-refractivity contribution in [1.82, 2.24) is 15.1 Å². The summed E-state index contributed by atoms with van der Waals surface area (Å²) in [6, 6.07) is 0. The molecule has 1 rings (SSSR count). The highest BCUT2D eigenvalue weighted by atomic mass is 16.5. The van der Waals surface area contributed by atoms with Gasteiger partial charge in [-0.25, -0.2) is 0 Å². The van der Waals surface area contributed by atoms with Crippen LogP contribution >= 0.6 is 0 Å². The third-order valence-electron chi connectivity index (χ3n) is 4.03. The van der Waals surface area contributed by atoms with Crippen LogP contribution in [0.3, 0.4) is 0 Å². The van der Waals surface area contributed by atoms with E-state index in [1.54, 1.807) is 0 Å². The van der Waals surface area contributed by atoms with E-state index in [1.807, 2.05) is 6.92 Å².